The van der Waals surface area contributed by atoms with Crippen molar-refractivity contribution in [1.82, 2.24) is 39.0 Å². The number of carbonyl (C=O) groups excluding carboxylic acids is 1. The number of imidazole rings is 1. The van der Waals surface area contributed by atoms with E-state index in [9.17, 15) is 4.79 Å². The fraction of sp³-hybridized carbons (Fsp3) is 0.250. The lowest BCUT2D eigenvalue weighted by atomic mass is 9.98. The van der Waals surface area contributed by atoms with Crippen LogP contribution in [0.4, 0.5) is 0 Å². The second-order valence-electron chi connectivity index (χ2n) is 8.84. The van der Waals surface area contributed by atoms with Gasteiger partial charge < -0.3 is 14.8 Å². The fourth-order valence-corrected chi connectivity index (χ4v) is 4.95. The highest BCUT2D eigenvalue weighted by atomic mass is 35.5. The van der Waals surface area contributed by atoms with Gasteiger partial charge in [-0.2, -0.15) is 10.2 Å². The minimum absolute atomic E-state index is 0.0998. The maximum atomic E-state index is 13.9. The van der Waals surface area contributed by atoms with Crippen molar-refractivity contribution in [1.29, 1.82) is 0 Å². The van der Waals surface area contributed by atoms with E-state index in [1.807, 2.05) is 61.7 Å². The smallest absolute Gasteiger partial charge is 0.258 e. The first-order valence-electron chi connectivity index (χ1n) is 11.1. The summed E-state index contributed by atoms with van der Waals surface area (Å²) >= 11 is 6.40. The van der Waals surface area contributed by atoms with Crippen molar-refractivity contribution in [3.8, 4) is 0 Å². The molecule has 1 aliphatic rings. The molecule has 0 radical (unpaired) electrons. The summed E-state index contributed by atoms with van der Waals surface area (Å²) in [6.07, 6.45) is 7.83. The van der Waals surface area contributed by atoms with Crippen molar-refractivity contribution in [2.45, 2.75) is 19.0 Å². The van der Waals surface area contributed by atoms with Crippen LogP contribution in [0.2, 0.25) is 5.02 Å². The largest absolute Gasteiger partial charge is 0.348 e. The van der Waals surface area contributed by atoms with Gasteiger partial charge in [0.15, 0.2) is 0 Å². The molecule has 1 atom stereocenters. The molecule has 9 nitrogen and oxygen atoms in total. The van der Waals surface area contributed by atoms with E-state index >= 15 is 0 Å². The molecule has 0 fully saturated rings. The van der Waals surface area contributed by atoms with Crippen LogP contribution in [0.1, 0.15) is 39.0 Å². The van der Waals surface area contributed by atoms with E-state index in [1.165, 1.54) is 0 Å². The van der Waals surface area contributed by atoms with Crippen LogP contribution < -0.4 is 0 Å². The first-order chi connectivity index (χ1) is 16.5. The summed E-state index contributed by atoms with van der Waals surface area (Å²) in [6.45, 7) is 1.34. The first-order valence-corrected chi connectivity index (χ1v) is 11.5. The highest BCUT2D eigenvalue weighted by Gasteiger charge is 2.37. The van der Waals surface area contributed by atoms with E-state index in [1.54, 1.807) is 21.6 Å². The molecule has 10 heteroatoms. The van der Waals surface area contributed by atoms with Crippen LogP contribution in [0.3, 0.4) is 0 Å². The third-order valence-corrected chi connectivity index (χ3v) is 6.56. The highest BCUT2D eigenvalue weighted by Crippen LogP contribution is 2.35. The van der Waals surface area contributed by atoms with Crippen LogP contribution in [0.5, 0.6) is 0 Å². The SMILES string of the molecule is CN(C)Cc1ccc2c(C(=O)N3CCc4[nH]cnc4[C@@H]3c3cc4c(Cl)cccn4n3)cnn2c1. The summed E-state index contributed by atoms with van der Waals surface area (Å²) in [6, 6.07) is 9.18. The first kappa shape index (κ1) is 20.9. The molecule has 0 unspecified atom stereocenters. The van der Waals surface area contributed by atoms with E-state index in [0.717, 1.165) is 40.2 Å². The number of nitrogens with zero attached hydrogens (tertiary/aromatic N) is 7. The summed E-state index contributed by atoms with van der Waals surface area (Å²) in [7, 11) is 4.04. The van der Waals surface area contributed by atoms with Gasteiger partial charge in [0.1, 0.15) is 6.04 Å². The zero-order valence-electron chi connectivity index (χ0n) is 18.8. The van der Waals surface area contributed by atoms with E-state index in [0.29, 0.717) is 23.6 Å². The van der Waals surface area contributed by atoms with Crippen molar-refractivity contribution in [2.24, 2.45) is 0 Å². The maximum absolute atomic E-state index is 13.9. The predicted molar refractivity (Wildman–Crippen MR) is 128 cm³/mol. The van der Waals surface area contributed by atoms with E-state index in [-0.39, 0.29) is 5.91 Å². The van der Waals surface area contributed by atoms with Gasteiger partial charge in [0, 0.05) is 37.6 Å². The van der Waals surface area contributed by atoms with Gasteiger partial charge in [-0.05, 0) is 43.9 Å². The minimum atomic E-state index is -0.429. The summed E-state index contributed by atoms with van der Waals surface area (Å²) < 4.78 is 3.51. The van der Waals surface area contributed by atoms with Crippen LogP contribution in [0, 0.1) is 0 Å². The third kappa shape index (κ3) is 3.36. The van der Waals surface area contributed by atoms with Crippen molar-refractivity contribution in [2.75, 3.05) is 20.6 Å². The van der Waals surface area contributed by atoms with Crippen molar-refractivity contribution in [3.63, 3.8) is 0 Å². The Bertz CT molecular complexity index is 1530. The summed E-state index contributed by atoms with van der Waals surface area (Å²) in [5, 5.41) is 9.83. The average Bonchev–Trinajstić information content (AvgIpc) is 3.55. The Morgan fingerprint density at radius 1 is 1.24 bits per heavy atom. The Hall–Kier alpha value is -3.69. The van der Waals surface area contributed by atoms with Crippen LogP contribution >= 0.6 is 11.6 Å². The van der Waals surface area contributed by atoms with Gasteiger partial charge in [0.05, 0.1) is 45.5 Å². The molecule has 6 heterocycles. The normalized spacial score (nSPS) is 16.0. The number of nitrogens with one attached hydrogen (secondary N) is 1. The highest BCUT2D eigenvalue weighted by molar-refractivity contribution is 6.33. The molecule has 0 aliphatic carbocycles. The molecule has 0 saturated heterocycles. The Labute approximate surface area is 200 Å². The fourth-order valence-electron chi connectivity index (χ4n) is 4.73. The van der Waals surface area contributed by atoms with Gasteiger partial charge in [-0.1, -0.05) is 17.7 Å². The van der Waals surface area contributed by atoms with Gasteiger partial charge in [-0.15, -0.1) is 0 Å². The lowest BCUT2D eigenvalue weighted by Gasteiger charge is -2.33. The molecule has 172 valence electrons. The number of amides is 1. The average molecular weight is 475 g/mol. The van der Waals surface area contributed by atoms with Crippen LogP contribution in [0.15, 0.2) is 55.2 Å². The Balaban J connectivity index is 1.42. The molecule has 0 spiro atoms. The summed E-state index contributed by atoms with van der Waals surface area (Å²) in [5.74, 6) is -0.0998. The molecule has 6 rings (SSSR count). The van der Waals surface area contributed by atoms with Crippen LogP contribution in [0.25, 0.3) is 11.0 Å². The lowest BCUT2D eigenvalue weighted by molar-refractivity contribution is 0.0689. The molecule has 0 aromatic carbocycles. The maximum Gasteiger partial charge on any atom is 0.258 e. The molecular weight excluding hydrogens is 452 g/mol. The zero-order valence-corrected chi connectivity index (χ0v) is 19.6. The van der Waals surface area contributed by atoms with Crippen molar-refractivity contribution < 1.29 is 4.79 Å². The molecule has 1 aliphatic heterocycles. The van der Waals surface area contributed by atoms with E-state index in [4.69, 9.17) is 16.7 Å². The second kappa shape index (κ2) is 7.96. The number of fused-ring (bicyclic) bond motifs is 3. The number of halogens is 1. The molecule has 0 bridgehead atoms. The molecule has 0 saturated carbocycles. The lowest BCUT2D eigenvalue weighted by Crippen LogP contribution is -2.41. The monoisotopic (exact) mass is 474 g/mol. The Kier molecular flexibility index (Phi) is 4.89. The molecule has 5 aromatic rings. The van der Waals surface area contributed by atoms with E-state index < -0.39 is 6.04 Å². The standard InChI is InChI=1S/C24H23ClN8O/c1-30(2)12-15-5-6-20-16(11-28-33(20)13-15)24(34)31-9-7-18-22(27-14-26-18)23(31)19-10-21-17(25)4-3-8-32(21)29-19/h3-6,8,10-11,13-14,23H,7,9,12H2,1-2H3,(H,26,27)/t23-/m0/s1. The molecular formula is C24H23ClN8O. The quantitative estimate of drug-likeness (QED) is 0.432. The van der Waals surface area contributed by atoms with Gasteiger partial charge >= 0.3 is 0 Å². The molecule has 1 N–H and O–H groups in total. The Morgan fingerprint density at radius 3 is 2.94 bits per heavy atom. The zero-order chi connectivity index (χ0) is 23.4. The number of aromatic amines is 1. The number of rotatable bonds is 4. The number of aromatic nitrogens is 6. The van der Waals surface area contributed by atoms with Crippen LogP contribution in [-0.2, 0) is 13.0 Å². The number of pyridine rings is 2. The van der Waals surface area contributed by atoms with Gasteiger partial charge in [-0.25, -0.2) is 14.0 Å². The number of carbonyl (C=O) groups is 1. The minimum Gasteiger partial charge on any atom is -0.348 e. The molecule has 34 heavy (non-hydrogen) atoms. The molecule has 1 amide bonds. The van der Waals surface area contributed by atoms with Gasteiger partial charge in [0.2, 0.25) is 0 Å². The van der Waals surface area contributed by atoms with Gasteiger partial charge in [0.25, 0.3) is 5.91 Å². The summed E-state index contributed by atoms with van der Waals surface area (Å²) in [5.41, 5.74) is 5.80. The third-order valence-electron chi connectivity index (χ3n) is 6.24. The van der Waals surface area contributed by atoms with Gasteiger partial charge in [-0.3, -0.25) is 4.79 Å². The second-order valence-corrected chi connectivity index (χ2v) is 9.24. The topological polar surface area (TPSA) is 86.8 Å². The van der Waals surface area contributed by atoms with Crippen LogP contribution in [-0.4, -0.2) is 65.5 Å². The van der Waals surface area contributed by atoms with Crippen molar-refractivity contribution in [3.05, 3.63) is 88.5 Å². The number of hydrogen-bond donors (Lipinski definition) is 1. The van der Waals surface area contributed by atoms with Crippen molar-refractivity contribution >= 4 is 28.5 Å². The summed E-state index contributed by atoms with van der Waals surface area (Å²) in [4.78, 5) is 25.6. The Morgan fingerprint density at radius 2 is 2.12 bits per heavy atom. The number of H-pyrrole nitrogens is 1. The van der Waals surface area contributed by atoms with E-state index in [2.05, 4.69) is 20.0 Å². The predicted octanol–water partition coefficient (Wildman–Crippen LogP) is 3.21. The molecule has 5 aromatic heterocycles. The number of hydrogen-bond acceptors (Lipinski definition) is 5.